The predicted octanol–water partition coefficient (Wildman–Crippen LogP) is 1.94. The summed E-state index contributed by atoms with van der Waals surface area (Å²) in [5, 5.41) is 18.3. The van der Waals surface area contributed by atoms with E-state index in [1.165, 1.54) is 30.1 Å². The molecule has 2 heterocycles. The van der Waals surface area contributed by atoms with Crippen LogP contribution < -0.4 is 10.8 Å². The number of hydrogen-bond acceptors (Lipinski definition) is 6. The van der Waals surface area contributed by atoms with Gasteiger partial charge in [0.25, 0.3) is 11.8 Å². The lowest BCUT2D eigenvalue weighted by Crippen LogP contribution is -2.51. The van der Waals surface area contributed by atoms with Crippen LogP contribution in [0.5, 0.6) is 0 Å². The maximum atomic E-state index is 13.6. The standard InChI is InChI=1S/C24H22FN5O4/c1-34-29-24(33)21(31)20(12-15-6-3-2-4-7-15)27-23(32)18-8-5-11-26-22(18)30-14-16-9-10-17(25)13-19(16)28-30/h2-11,13-14,20-21,31H,12H2,1H3,(H,27,32)(H,29,33). The molecule has 3 N–H and O–H groups in total. The van der Waals surface area contributed by atoms with Crippen molar-refractivity contribution in [1.29, 1.82) is 0 Å². The summed E-state index contributed by atoms with van der Waals surface area (Å²) < 4.78 is 15.0. The summed E-state index contributed by atoms with van der Waals surface area (Å²) in [7, 11) is 1.25. The monoisotopic (exact) mass is 463 g/mol. The van der Waals surface area contributed by atoms with Crippen molar-refractivity contribution in [3.63, 3.8) is 0 Å². The van der Waals surface area contributed by atoms with E-state index in [1.807, 2.05) is 30.3 Å². The van der Waals surface area contributed by atoms with Crippen LogP contribution in [0.1, 0.15) is 15.9 Å². The molecule has 2 unspecified atom stereocenters. The van der Waals surface area contributed by atoms with Gasteiger partial charge in [-0.15, -0.1) is 0 Å². The number of carbonyl (C=O) groups is 2. The Labute approximate surface area is 194 Å². The largest absolute Gasteiger partial charge is 0.381 e. The molecule has 10 heteroatoms. The van der Waals surface area contributed by atoms with Crippen molar-refractivity contribution in [2.75, 3.05) is 7.11 Å². The van der Waals surface area contributed by atoms with Crippen molar-refractivity contribution < 1.29 is 23.9 Å². The molecule has 4 rings (SSSR count). The fourth-order valence-electron chi connectivity index (χ4n) is 3.55. The number of nitrogens with zero attached hydrogens (tertiary/aromatic N) is 3. The molecular weight excluding hydrogens is 441 g/mol. The highest BCUT2D eigenvalue weighted by Crippen LogP contribution is 2.18. The van der Waals surface area contributed by atoms with Crippen molar-refractivity contribution in [2.45, 2.75) is 18.6 Å². The van der Waals surface area contributed by atoms with Crippen LogP contribution in [0.15, 0.2) is 73.1 Å². The molecule has 0 spiro atoms. The molecule has 0 aliphatic heterocycles. The minimum Gasteiger partial charge on any atom is -0.381 e. The van der Waals surface area contributed by atoms with E-state index in [2.05, 4.69) is 25.7 Å². The van der Waals surface area contributed by atoms with Crippen LogP contribution in [0.3, 0.4) is 0 Å². The average molecular weight is 463 g/mol. The van der Waals surface area contributed by atoms with Gasteiger partial charge in [0.15, 0.2) is 11.9 Å². The van der Waals surface area contributed by atoms with E-state index in [1.54, 1.807) is 24.4 Å². The van der Waals surface area contributed by atoms with Crippen molar-refractivity contribution in [2.24, 2.45) is 0 Å². The molecule has 0 saturated carbocycles. The molecule has 174 valence electrons. The maximum absolute atomic E-state index is 13.6. The number of rotatable bonds is 8. The summed E-state index contributed by atoms with van der Waals surface area (Å²) >= 11 is 0. The molecule has 4 aromatic rings. The van der Waals surface area contributed by atoms with Gasteiger partial charge in [0.1, 0.15) is 5.82 Å². The normalized spacial score (nSPS) is 12.8. The highest BCUT2D eigenvalue weighted by Gasteiger charge is 2.29. The molecule has 2 aromatic carbocycles. The molecule has 0 fully saturated rings. The van der Waals surface area contributed by atoms with E-state index in [0.717, 1.165) is 5.56 Å². The SMILES string of the molecule is CONC(=O)C(O)C(Cc1ccccc1)NC(=O)c1cccnc1-n1cc2ccc(F)cc2n1. The molecule has 9 nitrogen and oxygen atoms in total. The number of carbonyl (C=O) groups excluding carboxylic acids is 2. The Morgan fingerprint density at radius 1 is 1.15 bits per heavy atom. The number of pyridine rings is 1. The van der Waals surface area contributed by atoms with Crippen LogP contribution in [-0.4, -0.2) is 50.9 Å². The number of hydrogen-bond donors (Lipinski definition) is 3. The highest BCUT2D eigenvalue weighted by molar-refractivity contribution is 5.98. The van der Waals surface area contributed by atoms with Gasteiger partial charge in [-0.05, 0) is 36.2 Å². The number of aliphatic hydroxyl groups is 1. The summed E-state index contributed by atoms with van der Waals surface area (Å²) in [4.78, 5) is 34.4. The van der Waals surface area contributed by atoms with Crippen LogP contribution in [-0.2, 0) is 16.1 Å². The topological polar surface area (TPSA) is 118 Å². The van der Waals surface area contributed by atoms with Crippen LogP contribution in [0.2, 0.25) is 0 Å². The molecule has 34 heavy (non-hydrogen) atoms. The lowest BCUT2D eigenvalue weighted by molar-refractivity contribution is -0.141. The van der Waals surface area contributed by atoms with Crippen LogP contribution in [0.25, 0.3) is 16.7 Å². The molecule has 2 aromatic heterocycles. The third-order valence-corrected chi connectivity index (χ3v) is 5.18. The zero-order chi connectivity index (χ0) is 24.1. The summed E-state index contributed by atoms with van der Waals surface area (Å²) in [5.74, 6) is -1.58. The molecule has 0 radical (unpaired) electrons. The first-order valence-electron chi connectivity index (χ1n) is 10.4. The van der Waals surface area contributed by atoms with Gasteiger partial charge in [-0.1, -0.05) is 30.3 Å². The Hall–Kier alpha value is -4.15. The first kappa shape index (κ1) is 23.0. The van der Waals surface area contributed by atoms with E-state index < -0.39 is 29.8 Å². The van der Waals surface area contributed by atoms with Crippen LogP contribution >= 0.6 is 0 Å². The number of halogens is 1. The molecule has 2 amide bonds. The summed E-state index contributed by atoms with van der Waals surface area (Å²) in [6, 6.07) is 15.5. The summed E-state index contributed by atoms with van der Waals surface area (Å²) in [6.45, 7) is 0. The lowest BCUT2D eigenvalue weighted by Gasteiger charge is -2.24. The van der Waals surface area contributed by atoms with Gasteiger partial charge in [-0.3, -0.25) is 14.4 Å². The first-order chi connectivity index (χ1) is 16.5. The second-order valence-corrected chi connectivity index (χ2v) is 7.54. The third-order valence-electron chi connectivity index (χ3n) is 5.18. The second-order valence-electron chi connectivity index (χ2n) is 7.54. The minimum atomic E-state index is -1.58. The predicted molar refractivity (Wildman–Crippen MR) is 121 cm³/mol. The van der Waals surface area contributed by atoms with E-state index in [9.17, 15) is 19.1 Å². The number of nitrogens with one attached hydrogen (secondary N) is 2. The molecule has 2 atom stereocenters. The fourth-order valence-corrected chi connectivity index (χ4v) is 3.55. The number of hydroxylamine groups is 1. The van der Waals surface area contributed by atoms with Gasteiger partial charge in [-0.2, -0.15) is 5.10 Å². The van der Waals surface area contributed by atoms with Crippen LogP contribution in [0.4, 0.5) is 4.39 Å². The molecule has 0 aliphatic rings. The molecule has 0 aliphatic carbocycles. The number of aliphatic hydroxyl groups excluding tert-OH is 1. The molecule has 0 saturated heterocycles. The van der Waals surface area contributed by atoms with Crippen LogP contribution in [0, 0.1) is 5.82 Å². The van der Waals surface area contributed by atoms with Gasteiger partial charge in [0.2, 0.25) is 0 Å². The van der Waals surface area contributed by atoms with E-state index in [-0.39, 0.29) is 17.8 Å². The van der Waals surface area contributed by atoms with Gasteiger partial charge in [-0.25, -0.2) is 19.5 Å². The Balaban J connectivity index is 1.64. The third kappa shape index (κ3) is 5.08. The zero-order valence-corrected chi connectivity index (χ0v) is 18.2. The summed E-state index contributed by atoms with van der Waals surface area (Å²) in [6.07, 6.45) is 1.74. The highest BCUT2D eigenvalue weighted by atomic mass is 19.1. The smallest absolute Gasteiger partial charge is 0.274 e. The number of amides is 2. The number of benzene rings is 2. The summed E-state index contributed by atoms with van der Waals surface area (Å²) in [5.41, 5.74) is 3.46. The molecular formula is C24H22FN5O4. The zero-order valence-electron chi connectivity index (χ0n) is 18.2. The van der Waals surface area contributed by atoms with Crippen molar-refractivity contribution in [3.05, 3.63) is 90.0 Å². The Morgan fingerprint density at radius 2 is 1.94 bits per heavy atom. The fraction of sp³-hybridized carbons (Fsp3) is 0.167. The van der Waals surface area contributed by atoms with Gasteiger partial charge < -0.3 is 10.4 Å². The maximum Gasteiger partial charge on any atom is 0.274 e. The Kier molecular flexibility index (Phi) is 6.90. The quantitative estimate of drug-likeness (QED) is 0.344. The minimum absolute atomic E-state index is 0.160. The Bertz CT molecular complexity index is 1310. The average Bonchev–Trinajstić information content (AvgIpc) is 3.27. The second kappa shape index (κ2) is 10.2. The Morgan fingerprint density at radius 3 is 2.71 bits per heavy atom. The van der Waals surface area contributed by atoms with Gasteiger partial charge in [0.05, 0.1) is 24.2 Å². The van der Waals surface area contributed by atoms with Gasteiger partial charge in [0, 0.05) is 23.8 Å². The van der Waals surface area contributed by atoms with Crippen molar-refractivity contribution in [1.82, 2.24) is 25.6 Å². The van der Waals surface area contributed by atoms with E-state index in [4.69, 9.17) is 0 Å². The molecule has 0 bridgehead atoms. The van der Waals surface area contributed by atoms with E-state index >= 15 is 0 Å². The number of aromatic nitrogens is 3. The van der Waals surface area contributed by atoms with Crippen molar-refractivity contribution >= 4 is 22.7 Å². The lowest BCUT2D eigenvalue weighted by atomic mass is 10.00. The van der Waals surface area contributed by atoms with Gasteiger partial charge >= 0.3 is 0 Å². The van der Waals surface area contributed by atoms with Crippen molar-refractivity contribution in [3.8, 4) is 5.82 Å². The van der Waals surface area contributed by atoms with E-state index in [0.29, 0.717) is 10.9 Å². The number of fused-ring (bicyclic) bond motifs is 1. The first-order valence-corrected chi connectivity index (χ1v) is 10.4.